The number of anilines is 1. The second-order valence-corrected chi connectivity index (χ2v) is 7.03. The average molecular weight is 391 g/mol. The van der Waals surface area contributed by atoms with Gasteiger partial charge in [0, 0.05) is 17.1 Å². The highest BCUT2D eigenvalue weighted by Gasteiger charge is 2.06. The largest absolute Gasteiger partial charge is 0.494 e. The molecule has 1 amide bonds. The molecule has 0 atom stereocenters. The molecule has 0 spiro atoms. The van der Waals surface area contributed by atoms with Gasteiger partial charge in [-0.25, -0.2) is 0 Å². The standard InChI is InChI=1S/C20H23ClN2O2S/c1-14(2)15-5-9-17(10-6-15)22-20(26)23-19(24)4-3-13-25-18-11-7-16(21)8-12-18/h5-12,14H,3-4,13H2,1-2H3,(H2,22,23,24,26). The van der Waals surface area contributed by atoms with Crippen molar-refractivity contribution in [3.63, 3.8) is 0 Å². The molecular formula is C20H23ClN2O2S. The first-order valence-electron chi connectivity index (χ1n) is 8.53. The minimum absolute atomic E-state index is 0.138. The maximum Gasteiger partial charge on any atom is 0.226 e. The third-order valence-electron chi connectivity index (χ3n) is 3.72. The smallest absolute Gasteiger partial charge is 0.226 e. The number of hydrogen-bond acceptors (Lipinski definition) is 3. The van der Waals surface area contributed by atoms with E-state index in [0.717, 1.165) is 11.4 Å². The lowest BCUT2D eigenvalue weighted by molar-refractivity contribution is -0.119. The van der Waals surface area contributed by atoms with E-state index >= 15 is 0 Å². The maximum absolute atomic E-state index is 11.9. The average Bonchev–Trinajstić information content (AvgIpc) is 2.60. The van der Waals surface area contributed by atoms with Gasteiger partial charge in [0.05, 0.1) is 6.61 Å². The zero-order valence-electron chi connectivity index (χ0n) is 14.9. The highest BCUT2D eigenvalue weighted by atomic mass is 35.5. The first-order chi connectivity index (χ1) is 12.4. The molecule has 0 aliphatic rings. The number of amides is 1. The van der Waals surface area contributed by atoms with Crippen LogP contribution < -0.4 is 15.4 Å². The molecule has 0 saturated carbocycles. The van der Waals surface area contributed by atoms with Gasteiger partial charge in [0.25, 0.3) is 0 Å². The van der Waals surface area contributed by atoms with E-state index in [-0.39, 0.29) is 5.91 Å². The fourth-order valence-corrected chi connectivity index (χ4v) is 2.61. The number of nitrogens with one attached hydrogen (secondary N) is 2. The molecule has 2 rings (SSSR count). The lowest BCUT2D eigenvalue weighted by Gasteiger charge is -2.11. The van der Waals surface area contributed by atoms with Gasteiger partial charge in [0.1, 0.15) is 5.75 Å². The van der Waals surface area contributed by atoms with E-state index in [1.807, 2.05) is 24.3 Å². The van der Waals surface area contributed by atoms with E-state index < -0.39 is 0 Å². The molecule has 6 heteroatoms. The number of thiocarbonyl (C=S) groups is 1. The van der Waals surface area contributed by atoms with Crippen molar-refractivity contribution in [2.75, 3.05) is 11.9 Å². The summed E-state index contributed by atoms with van der Waals surface area (Å²) in [6.07, 6.45) is 0.932. The first-order valence-corrected chi connectivity index (χ1v) is 9.32. The van der Waals surface area contributed by atoms with Crippen LogP contribution in [0.2, 0.25) is 5.02 Å². The number of halogens is 1. The summed E-state index contributed by atoms with van der Waals surface area (Å²) >= 11 is 11.0. The van der Waals surface area contributed by atoms with Crippen LogP contribution in [0.25, 0.3) is 0 Å². The Morgan fingerprint density at radius 2 is 1.77 bits per heavy atom. The SMILES string of the molecule is CC(C)c1ccc(NC(=S)NC(=O)CCCOc2ccc(Cl)cc2)cc1. The number of benzene rings is 2. The molecule has 0 saturated heterocycles. The number of carbonyl (C=O) groups excluding carboxylic acids is 1. The molecule has 0 bridgehead atoms. The Bertz CT molecular complexity index is 730. The van der Waals surface area contributed by atoms with Gasteiger partial charge in [0.2, 0.25) is 5.91 Å². The van der Waals surface area contributed by atoms with E-state index in [0.29, 0.717) is 35.5 Å². The van der Waals surface area contributed by atoms with Gasteiger partial charge in [-0.1, -0.05) is 37.6 Å². The molecule has 26 heavy (non-hydrogen) atoms. The van der Waals surface area contributed by atoms with E-state index in [9.17, 15) is 4.79 Å². The number of hydrogen-bond donors (Lipinski definition) is 2. The van der Waals surface area contributed by atoms with Gasteiger partial charge in [-0.3, -0.25) is 4.79 Å². The van der Waals surface area contributed by atoms with Crippen molar-refractivity contribution in [2.45, 2.75) is 32.6 Å². The summed E-state index contributed by atoms with van der Waals surface area (Å²) in [6.45, 7) is 4.74. The van der Waals surface area contributed by atoms with Gasteiger partial charge in [-0.2, -0.15) is 0 Å². The van der Waals surface area contributed by atoms with Crippen LogP contribution in [0.4, 0.5) is 5.69 Å². The molecule has 2 N–H and O–H groups in total. The van der Waals surface area contributed by atoms with Crippen LogP contribution in [0.3, 0.4) is 0 Å². The lowest BCUT2D eigenvalue weighted by atomic mass is 10.0. The molecule has 0 radical (unpaired) electrons. The first kappa shape index (κ1) is 20.2. The van der Waals surface area contributed by atoms with Crippen LogP contribution in [0.15, 0.2) is 48.5 Å². The quantitative estimate of drug-likeness (QED) is 0.508. The molecule has 0 heterocycles. The Kier molecular flexibility index (Phi) is 7.88. The van der Waals surface area contributed by atoms with Crippen LogP contribution in [0.5, 0.6) is 5.75 Å². The van der Waals surface area contributed by atoms with Crippen LogP contribution in [0, 0.1) is 0 Å². The van der Waals surface area contributed by atoms with Crippen LogP contribution in [-0.4, -0.2) is 17.6 Å². The van der Waals surface area contributed by atoms with Gasteiger partial charge in [0.15, 0.2) is 5.11 Å². The predicted octanol–water partition coefficient (Wildman–Crippen LogP) is 5.14. The minimum Gasteiger partial charge on any atom is -0.494 e. The molecule has 0 fully saturated rings. The minimum atomic E-state index is -0.138. The van der Waals surface area contributed by atoms with Crippen LogP contribution >= 0.6 is 23.8 Å². The van der Waals surface area contributed by atoms with Crippen molar-refractivity contribution >= 4 is 40.5 Å². The van der Waals surface area contributed by atoms with E-state index in [4.69, 9.17) is 28.6 Å². The molecule has 2 aromatic carbocycles. The Morgan fingerprint density at radius 1 is 1.12 bits per heavy atom. The highest BCUT2D eigenvalue weighted by molar-refractivity contribution is 7.80. The van der Waals surface area contributed by atoms with E-state index in [1.165, 1.54) is 5.56 Å². The Hall–Kier alpha value is -2.11. The van der Waals surface area contributed by atoms with Gasteiger partial charge >= 0.3 is 0 Å². The maximum atomic E-state index is 11.9. The number of carbonyl (C=O) groups is 1. The summed E-state index contributed by atoms with van der Waals surface area (Å²) in [7, 11) is 0. The van der Waals surface area contributed by atoms with Crippen molar-refractivity contribution in [1.82, 2.24) is 5.32 Å². The summed E-state index contributed by atoms with van der Waals surface area (Å²) in [6, 6.07) is 15.1. The Morgan fingerprint density at radius 3 is 2.38 bits per heavy atom. The number of rotatable bonds is 7. The normalized spacial score (nSPS) is 10.5. The molecule has 0 aliphatic heterocycles. The molecule has 0 unspecified atom stereocenters. The zero-order valence-corrected chi connectivity index (χ0v) is 16.5. The Balaban J connectivity index is 1.66. The topological polar surface area (TPSA) is 50.4 Å². The monoisotopic (exact) mass is 390 g/mol. The predicted molar refractivity (Wildman–Crippen MR) is 111 cm³/mol. The van der Waals surface area contributed by atoms with Gasteiger partial charge in [-0.05, 0) is 66.5 Å². The van der Waals surface area contributed by atoms with Gasteiger partial charge in [-0.15, -0.1) is 0 Å². The fourth-order valence-electron chi connectivity index (χ4n) is 2.26. The van der Waals surface area contributed by atoms with Crippen molar-refractivity contribution < 1.29 is 9.53 Å². The third-order valence-corrected chi connectivity index (χ3v) is 4.17. The van der Waals surface area contributed by atoms with Crippen molar-refractivity contribution in [2.24, 2.45) is 0 Å². The highest BCUT2D eigenvalue weighted by Crippen LogP contribution is 2.17. The van der Waals surface area contributed by atoms with Gasteiger partial charge < -0.3 is 15.4 Å². The van der Waals surface area contributed by atoms with E-state index in [2.05, 4.69) is 24.5 Å². The molecule has 4 nitrogen and oxygen atoms in total. The zero-order chi connectivity index (χ0) is 18.9. The second kappa shape index (κ2) is 10.1. The molecular weight excluding hydrogens is 368 g/mol. The molecule has 138 valence electrons. The summed E-state index contributed by atoms with van der Waals surface area (Å²) in [4.78, 5) is 11.9. The van der Waals surface area contributed by atoms with E-state index in [1.54, 1.807) is 24.3 Å². The third kappa shape index (κ3) is 7.02. The summed E-state index contributed by atoms with van der Waals surface area (Å²) in [5.74, 6) is 1.07. The van der Waals surface area contributed by atoms with Crippen molar-refractivity contribution in [3.8, 4) is 5.75 Å². The number of ether oxygens (including phenoxy) is 1. The van der Waals surface area contributed by atoms with Crippen LogP contribution in [0.1, 0.15) is 38.2 Å². The fraction of sp³-hybridized carbons (Fsp3) is 0.300. The lowest BCUT2D eigenvalue weighted by Crippen LogP contribution is -2.34. The summed E-state index contributed by atoms with van der Waals surface area (Å²) in [5.41, 5.74) is 2.11. The Labute approximate surface area is 164 Å². The molecule has 0 aliphatic carbocycles. The second-order valence-electron chi connectivity index (χ2n) is 6.18. The van der Waals surface area contributed by atoms with Crippen LogP contribution in [-0.2, 0) is 4.79 Å². The molecule has 2 aromatic rings. The van der Waals surface area contributed by atoms with Crippen molar-refractivity contribution in [3.05, 3.63) is 59.1 Å². The summed E-state index contributed by atoms with van der Waals surface area (Å²) in [5, 5.41) is 6.66. The van der Waals surface area contributed by atoms with Crippen molar-refractivity contribution in [1.29, 1.82) is 0 Å². The molecule has 0 aromatic heterocycles. The summed E-state index contributed by atoms with van der Waals surface area (Å²) < 4.78 is 5.56.